The summed E-state index contributed by atoms with van der Waals surface area (Å²) in [4.78, 5) is 64.4. The van der Waals surface area contributed by atoms with Crippen molar-refractivity contribution in [1.29, 1.82) is 0 Å². The molecule has 0 radical (unpaired) electrons. The van der Waals surface area contributed by atoms with E-state index in [1.54, 1.807) is 47.0 Å². The van der Waals surface area contributed by atoms with Gasteiger partial charge in [-0.1, -0.05) is 52.8 Å². The lowest BCUT2D eigenvalue weighted by atomic mass is 9.73. The van der Waals surface area contributed by atoms with Gasteiger partial charge in [0.2, 0.25) is 0 Å². The monoisotopic (exact) mass is 855 g/mol. The van der Waals surface area contributed by atoms with Gasteiger partial charge in [0.05, 0.1) is 30.5 Å². The van der Waals surface area contributed by atoms with Gasteiger partial charge in [-0.3, -0.25) is 14.6 Å². The molecule has 1 N–H and O–H groups in total. The Hall–Kier alpha value is -4.02. The number of hydrogen-bond acceptors (Lipinski definition) is 13. The molecule has 14 nitrogen and oxygen atoms in total. The predicted molar refractivity (Wildman–Crippen MR) is 224 cm³/mol. The number of fused-ring (bicyclic) bond motifs is 1. The Morgan fingerprint density at radius 1 is 1.00 bits per heavy atom. The van der Waals surface area contributed by atoms with E-state index in [2.05, 4.69) is 4.98 Å². The summed E-state index contributed by atoms with van der Waals surface area (Å²) in [6.45, 7) is 15.4. The van der Waals surface area contributed by atoms with Crippen LogP contribution in [0.25, 0.3) is 11.1 Å². The van der Waals surface area contributed by atoms with Crippen molar-refractivity contribution in [3.05, 3.63) is 48.8 Å². The number of halogens is 1. The van der Waals surface area contributed by atoms with Gasteiger partial charge in [0, 0.05) is 49.8 Å². The molecule has 1 amide bonds. The molecule has 1 aromatic carbocycles. The maximum atomic E-state index is 16.9. The summed E-state index contributed by atoms with van der Waals surface area (Å²) in [6, 6.07) is 10.1. The zero-order valence-electron chi connectivity index (χ0n) is 37.6. The Labute approximate surface area is 359 Å². The summed E-state index contributed by atoms with van der Waals surface area (Å²) >= 11 is 0. The minimum Gasteiger partial charge on any atom is -0.494 e. The molecule has 5 rings (SSSR count). The summed E-state index contributed by atoms with van der Waals surface area (Å²) < 4.78 is 53.6. The molecule has 3 fully saturated rings. The van der Waals surface area contributed by atoms with Crippen LogP contribution in [0.3, 0.4) is 0 Å². The van der Waals surface area contributed by atoms with Crippen LogP contribution >= 0.6 is 0 Å². The first-order chi connectivity index (χ1) is 28.7. The number of cyclic esters (lactones) is 1. The normalized spacial score (nSPS) is 36.6. The first-order valence-corrected chi connectivity index (χ1v) is 21.6. The highest BCUT2D eigenvalue weighted by Gasteiger charge is 2.61. The molecule has 0 saturated carbocycles. The zero-order chi connectivity index (χ0) is 45.0. The van der Waals surface area contributed by atoms with Crippen molar-refractivity contribution in [1.82, 2.24) is 14.8 Å². The minimum absolute atomic E-state index is 0.0120. The maximum absolute atomic E-state index is 16.9. The number of likely N-dealkylation sites (N-methyl/N-ethyl adjacent to an activating group) is 1. The van der Waals surface area contributed by atoms with Gasteiger partial charge in [-0.25, -0.2) is 14.0 Å². The molecule has 3 saturated heterocycles. The first-order valence-electron chi connectivity index (χ1n) is 21.6. The SMILES string of the molecule is CC[C@H]1OC(=O)[C@@](C)(F)C(=O)[C@H](C)[C@@H](O[C@@H]2O[C@H](C)C[C@H](N(C)CC)[C@H]2O)[C@](C)(OC)C[C@@H](C)C(=O)[C@H](C)[C@H]2N(CCCOc3ccc(-c4cccnc4)cc3)C(=O)O[C@]12C. The van der Waals surface area contributed by atoms with Gasteiger partial charge in [0.15, 0.2) is 17.7 Å². The van der Waals surface area contributed by atoms with Crippen LogP contribution in [-0.4, -0.2) is 137 Å². The van der Waals surface area contributed by atoms with Crippen molar-refractivity contribution in [3.8, 4) is 16.9 Å². The average molecular weight is 856 g/mol. The molecule has 0 bridgehead atoms. The van der Waals surface area contributed by atoms with E-state index in [4.69, 9.17) is 28.4 Å². The third-order valence-corrected chi connectivity index (χ3v) is 13.2. The molecule has 13 atom stereocenters. The van der Waals surface area contributed by atoms with E-state index in [0.29, 0.717) is 25.1 Å². The summed E-state index contributed by atoms with van der Waals surface area (Å²) in [7, 11) is 3.28. The zero-order valence-corrected chi connectivity index (χ0v) is 37.6. The lowest BCUT2D eigenvalue weighted by Crippen LogP contribution is -2.62. The second-order valence-electron chi connectivity index (χ2n) is 17.7. The van der Waals surface area contributed by atoms with E-state index < -0.39 is 83.1 Å². The van der Waals surface area contributed by atoms with Gasteiger partial charge in [-0.2, -0.15) is 0 Å². The summed E-state index contributed by atoms with van der Waals surface area (Å²) in [5.41, 5.74) is -4.32. The number of ketones is 2. The molecule has 1 aromatic heterocycles. The van der Waals surface area contributed by atoms with Crippen LogP contribution < -0.4 is 4.74 Å². The lowest BCUT2D eigenvalue weighted by molar-refractivity contribution is -0.296. The molecule has 15 heteroatoms. The first kappa shape index (κ1) is 48.0. The molecule has 0 spiro atoms. The van der Waals surface area contributed by atoms with Crippen LogP contribution in [0.15, 0.2) is 48.8 Å². The van der Waals surface area contributed by atoms with Crippen LogP contribution in [0.1, 0.15) is 88.0 Å². The van der Waals surface area contributed by atoms with E-state index >= 15 is 4.39 Å². The van der Waals surface area contributed by atoms with Crippen LogP contribution in [0.5, 0.6) is 5.75 Å². The van der Waals surface area contributed by atoms with Gasteiger partial charge in [0.1, 0.15) is 23.7 Å². The Morgan fingerprint density at radius 3 is 2.30 bits per heavy atom. The van der Waals surface area contributed by atoms with Gasteiger partial charge in [-0.05, 0) is 96.3 Å². The second-order valence-corrected chi connectivity index (χ2v) is 17.7. The molecule has 338 valence electrons. The predicted octanol–water partition coefficient (Wildman–Crippen LogP) is 6.20. The van der Waals surface area contributed by atoms with Crippen molar-refractivity contribution in [2.24, 2.45) is 17.8 Å². The number of aliphatic hydroxyl groups excluding tert-OH is 1. The number of aromatic nitrogens is 1. The number of carbonyl (C=O) groups is 4. The molecular formula is C46H66FN3O11. The summed E-state index contributed by atoms with van der Waals surface area (Å²) in [6.07, 6.45) is -1.61. The van der Waals surface area contributed by atoms with Crippen molar-refractivity contribution < 1.29 is 57.1 Å². The average Bonchev–Trinajstić information content (AvgIpc) is 3.51. The largest absolute Gasteiger partial charge is 0.494 e. The number of ether oxygens (including phenoxy) is 6. The van der Waals surface area contributed by atoms with E-state index in [0.717, 1.165) is 18.1 Å². The number of nitrogens with zero attached hydrogens (tertiary/aromatic N) is 3. The number of amides is 1. The smallest absolute Gasteiger partial charge is 0.410 e. The van der Waals surface area contributed by atoms with Crippen molar-refractivity contribution in [3.63, 3.8) is 0 Å². The van der Waals surface area contributed by atoms with E-state index in [-0.39, 0.29) is 43.9 Å². The number of carbonyl (C=O) groups excluding carboxylic acids is 4. The molecular weight excluding hydrogens is 790 g/mol. The molecule has 4 heterocycles. The highest BCUT2D eigenvalue weighted by molar-refractivity contribution is 6.08. The molecule has 0 unspecified atom stereocenters. The van der Waals surface area contributed by atoms with Crippen LogP contribution in [0.2, 0.25) is 0 Å². The van der Waals surface area contributed by atoms with Gasteiger partial charge >= 0.3 is 12.1 Å². The highest BCUT2D eigenvalue weighted by Crippen LogP contribution is 2.44. The van der Waals surface area contributed by atoms with Crippen molar-refractivity contribution in [2.45, 2.75) is 148 Å². The number of Topliss-reactive ketones (excluding diaryl/α,β-unsaturated/α-hetero) is 2. The standard InChI is InChI=1S/C46H66FN3O11/c1-12-35-46(9)38(50(43(55)61-46)22-15-23-57-33-19-17-31(18-20-33)32-16-14-21-48-26-32)29(5)36(51)27(3)25-44(7,56-11)40(30(6)39(53)45(8,47)42(54)59-35)60-41-37(52)34(49(10)13-2)24-28(4)58-41/h14,16-21,26-30,34-35,37-38,40-41,52H,12-13,15,22-25H2,1-11H3/t27-,28-,29+,30+,34+,35-,37-,38-,40-,41+,44-,45+,46-/m1/s1. The third-order valence-electron chi connectivity index (χ3n) is 13.2. The van der Waals surface area contributed by atoms with Gasteiger partial charge in [-0.15, -0.1) is 0 Å². The molecule has 3 aliphatic rings. The van der Waals surface area contributed by atoms with Gasteiger partial charge in [0.25, 0.3) is 5.67 Å². The topological polar surface area (TPSA) is 163 Å². The van der Waals surface area contributed by atoms with E-state index in [1.165, 1.54) is 18.9 Å². The number of benzene rings is 1. The fraction of sp³-hybridized carbons (Fsp3) is 0.674. The molecule has 0 aliphatic carbocycles. The lowest BCUT2D eigenvalue weighted by Gasteiger charge is -2.47. The fourth-order valence-electron chi connectivity index (χ4n) is 9.57. The van der Waals surface area contributed by atoms with Gasteiger partial charge < -0.3 is 43.3 Å². The number of pyridine rings is 1. The minimum atomic E-state index is -3.19. The molecule has 61 heavy (non-hydrogen) atoms. The number of esters is 1. The van der Waals surface area contributed by atoms with Crippen molar-refractivity contribution in [2.75, 3.05) is 33.9 Å². The summed E-state index contributed by atoms with van der Waals surface area (Å²) in [5, 5.41) is 11.5. The maximum Gasteiger partial charge on any atom is 0.410 e. The number of alkyl halides is 1. The third kappa shape index (κ3) is 9.96. The highest BCUT2D eigenvalue weighted by atomic mass is 19.1. The van der Waals surface area contributed by atoms with Crippen LogP contribution in [0.4, 0.5) is 9.18 Å². The fourth-order valence-corrected chi connectivity index (χ4v) is 9.57. The quantitative estimate of drug-likeness (QED) is 0.146. The van der Waals surface area contributed by atoms with Crippen LogP contribution in [0, 0.1) is 17.8 Å². The van der Waals surface area contributed by atoms with E-state index in [1.807, 2.05) is 62.2 Å². The Bertz CT molecular complexity index is 1830. The Balaban J connectivity index is 1.45. The Morgan fingerprint density at radius 2 is 1.69 bits per heavy atom. The molecule has 3 aliphatic heterocycles. The van der Waals surface area contributed by atoms with Crippen LogP contribution in [-0.2, 0) is 38.1 Å². The number of aliphatic hydroxyl groups is 1. The van der Waals surface area contributed by atoms with Crippen molar-refractivity contribution >= 4 is 23.6 Å². The Kier molecular flexibility index (Phi) is 15.4. The number of methoxy groups -OCH3 is 1. The number of hydrogen-bond donors (Lipinski definition) is 1. The second kappa shape index (κ2) is 19.6. The number of rotatable bonds is 12. The molecule has 2 aromatic rings. The summed E-state index contributed by atoms with van der Waals surface area (Å²) in [5.74, 6) is -5.24. The van der Waals surface area contributed by atoms with E-state index in [9.17, 15) is 24.3 Å².